The zero-order valence-electron chi connectivity index (χ0n) is 8.93. The van der Waals surface area contributed by atoms with E-state index in [9.17, 15) is 9.18 Å². The van der Waals surface area contributed by atoms with Crippen LogP contribution < -0.4 is 5.32 Å². The van der Waals surface area contributed by atoms with Crippen LogP contribution in [0.25, 0.3) is 0 Å². The van der Waals surface area contributed by atoms with Gasteiger partial charge < -0.3 is 10.1 Å². The maximum atomic E-state index is 13.0. The van der Waals surface area contributed by atoms with Gasteiger partial charge in [-0.25, -0.2) is 4.39 Å². The van der Waals surface area contributed by atoms with E-state index in [1.165, 1.54) is 12.1 Å². The summed E-state index contributed by atoms with van der Waals surface area (Å²) in [4.78, 5) is 11.4. The van der Waals surface area contributed by atoms with E-state index in [1.54, 1.807) is 13.2 Å². The Labute approximate surface area is 98.5 Å². The van der Waals surface area contributed by atoms with E-state index < -0.39 is 5.82 Å². The Bertz CT molecular complexity index is 371. The van der Waals surface area contributed by atoms with Crippen LogP contribution in [-0.2, 0) is 9.53 Å². The number of methoxy groups -OCH3 is 1. The number of carbonyl (C=O) groups excluding carboxylic acids is 1. The second-order valence-corrected chi connectivity index (χ2v) is 3.68. The van der Waals surface area contributed by atoms with Gasteiger partial charge in [0.05, 0.1) is 5.02 Å². The third-order valence-electron chi connectivity index (χ3n) is 1.96. The number of halogens is 2. The van der Waals surface area contributed by atoms with Crippen molar-refractivity contribution in [2.24, 2.45) is 0 Å². The van der Waals surface area contributed by atoms with Gasteiger partial charge in [0.1, 0.15) is 5.82 Å². The fourth-order valence-corrected chi connectivity index (χ4v) is 1.29. The summed E-state index contributed by atoms with van der Waals surface area (Å²) >= 11 is 5.52. The fraction of sp³-hybridized carbons (Fsp3) is 0.364. The predicted molar refractivity (Wildman–Crippen MR) is 61.1 cm³/mol. The number of ether oxygens (including phenoxy) is 1. The fourth-order valence-electron chi connectivity index (χ4n) is 1.17. The number of benzene rings is 1. The summed E-state index contributed by atoms with van der Waals surface area (Å²) in [6.07, 6.45) is 0.983. The van der Waals surface area contributed by atoms with Gasteiger partial charge in [-0.1, -0.05) is 11.6 Å². The molecule has 0 atom stereocenters. The minimum absolute atomic E-state index is 0.0392. The molecule has 1 amide bonds. The molecule has 0 saturated carbocycles. The average Bonchev–Trinajstić information content (AvgIpc) is 2.24. The van der Waals surface area contributed by atoms with Crippen molar-refractivity contribution in [3.05, 3.63) is 29.0 Å². The van der Waals surface area contributed by atoms with Crippen molar-refractivity contribution in [1.82, 2.24) is 0 Å². The Morgan fingerprint density at radius 2 is 2.31 bits per heavy atom. The first-order valence-electron chi connectivity index (χ1n) is 4.87. The topological polar surface area (TPSA) is 38.3 Å². The van der Waals surface area contributed by atoms with Crippen LogP contribution in [0.4, 0.5) is 10.1 Å². The molecule has 0 aromatic heterocycles. The summed E-state index contributed by atoms with van der Waals surface area (Å²) in [5.74, 6) is -0.713. The smallest absolute Gasteiger partial charge is 0.224 e. The van der Waals surface area contributed by atoms with Crippen molar-refractivity contribution < 1.29 is 13.9 Å². The molecule has 1 aromatic rings. The van der Waals surface area contributed by atoms with E-state index >= 15 is 0 Å². The van der Waals surface area contributed by atoms with Crippen LogP contribution in [0.3, 0.4) is 0 Å². The Balaban J connectivity index is 2.46. The van der Waals surface area contributed by atoms with E-state index in [4.69, 9.17) is 16.3 Å². The van der Waals surface area contributed by atoms with Gasteiger partial charge in [-0.3, -0.25) is 4.79 Å². The number of amides is 1. The summed E-state index contributed by atoms with van der Waals surface area (Å²) in [6, 6.07) is 4.15. The molecule has 1 rings (SSSR count). The van der Waals surface area contributed by atoms with Crippen LogP contribution in [0.2, 0.25) is 5.02 Å². The molecule has 0 bridgehead atoms. The minimum Gasteiger partial charge on any atom is -0.385 e. The first kappa shape index (κ1) is 12.9. The van der Waals surface area contributed by atoms with Gasteiger partial charge in [-0.2, -0.15) is 0 Å². The highest BCUT2D eigenvalue weighted by atomic mass is 35.5. The number of nitrogens with one attached hydrogen (secondary N) is 1. The number of carbonyl (C=O) groups is 1. The molecule has 16 heavy (non-hydrogen) atoms. The highest BCUT2D eigenvalue weighted by Crippen LogP contribution is 2.18. The summed E-state index contributed by atoms with van der Waals surface area (Å²) in [6.45, 7) is 0.530. The van der Waals surface area contributed by atoms with Crippen molar-refractivity contribution >= 4 is 23.2 Å². The van der Waals surface area contributed by atoms with Crippen molar-refractivity contribution in [1.29, 1.82) is 0 Å². The standard InChI is InChI=1S/C11H13ClFNO2/c1-16-6-2-3-11(15)14-8-4-5-9(12)10(13)7-8/h4-5,7H,2-3,6H2,1H3,(H,14,15). The van der Waals surface area contributed by atoms with Crippen molar-refractivity contribution in [3.8, 4) is 0 Å². The monoisotopic (exact) mass is 245 g/mol. The van der Waals surface area contributed by atoms with Crippen molar-refractivity contribution in [3.63, 3.8) is 0 Å². The van der Waals surface area contributed by atoms with E-state index in [0.717, 1.165) is 0 Å². The lowest BCUT2D eigenvalue weighted by molar-refractivity contribution is -0.116. The van der Waals surface area contributed by atoms with Crippen LogP contribution in [0, 0.1) is 5.82 Å². The molecule has 0 aliphatic carbocycles. The molecule has 0 radical (unpaired) electrons. The Morgan fingerprint density at radius 1 is 1.56 bits per heavy atom. The van der Waals surface area contributed by atoms with Crippen LogP contribution in [0.15, 0.2) is 18.2 Å². The summed E-state index contributed by atoms with van der Waals surface area (Å²) < 4.78 is 17.9. The lowest BCUT2D eigenvalue weighted by atomic mass is 10.2. The summed E-state index contributed by atoms with van der Waals surface area (Å²) in [7, 11) is 1.58. The Hall–Kier alpha value is -1.13. The van der Waals surface area contributed by atoms with Crippen molar-refractivity contribution in [2.45, 2.75) is 12.8 Å². The molecule has 0 unspecified atom stereocenters. The number of anilines is 1. The highest BCUT2D eigenvalue weighted by Gasteiger charge is 2.04. The lowest BCUT2D eigenvalue weighted by Gasteiger charge is -2.05. The second kappa shape index (κ2) is 6.45. The molecule has 1 aromatic carbocycles. The minimum atomic E-state index is -0.545. The van der Waals surface area contributed by atoms with Crippen LogP contribution in [-0.4, -0.2) is 19.6 Å². The Morgan fingerprint density at radius 3 is 2.94 bits per heavy atom. The molecule has 88 valence electrons. The number of rotatable bonds is 5. The number of hydrogen-bond acceptors (Lipinski definition) is 2. The molecule has 0 fully saturated rings. The third kappa shape index (κ3) is 4.16. The van der Waals surface area contributed by atoms with Gasteiger partial charge in [0.25, 0.3) is 0 Å². The average molecular weight is 246 g/mol. The summed E-state index contributed by atoms with van der Waals surface area (Å²) in [5.41, 5.74) is 0.407. The summed E-state index contributed by atoms with van der Waals surface area (Å²) in [5, 5.41) is 2.61. The first-order chi connectivity index (χ1) is 7.63. The van der Waals surface area contributed by atoms with E-state index in [2.05, 4.69) is 5.32 Å². The van der Waals surface area contributed by atoms with Crippen LogP contribution in [0.1, 0.15) is 12.8 Å². The molecule has 0 aliphatic heterocycles. The maximum absolute atomic E-state index is 13.0. The molecule has 0 saturated heterocycles. The molecule has 0 spiro atoms. The van der Waals surface area contributed by atoms with Gasteiger partial charge in [0.15, 0.2) is 0 Å². The maximum Gasteiger partial charge on any atom is 0.224 e. The molecule has 5 heteroatoms. The van der Waals surface area contributed by atoms with Gasteiger partial charge in [-0.05, 0) is 24.6 Å². The highest BCUT2D eigenvalue weighted by molar-refractivity contribution is 6.30. The molecule has 3 nitrogen and oxygen atoms in total. The molecule has 1 N–H and O–H groups in total. The molecular weight excluding hydrogens is 233 g/mol. The first-order valence-corrected chi connectivity index (χ1v) is 5.25. The lowest BCUT2D eigenvalue weighted by Crippen LogP contribution is -2.12. The molecule has 0 heterocycles. The normalized spacial score (nSPS) is 10.2. The second-order valence-electron chi connectivity index (χ2n) is 3.27. The van der Waals surface area contributed by atoms with Crippen LogP contribution in [0.5, 0.6) is 0 Å². The van der Waals surface area contributed by atoms with Gasteiger partial charge in [0, 0.05) is 25.8 Å². The van der Waals surface area contributed by atoms with E-state index in [0.29, 0.717) is 25.1 Å². The number of hydrogen-bond donors (Lipinski definition) is 1. The van der Waals surface area contributed by atoms with Gasteiger partial charge in [-0.15, -0.1) is 0 Å². The largest absolute Gasteiger partial charge is 0.385 e. The molecular formula is C11H13ClFNO2. The van der Waals surface area contributed by atoms with E-state index in [1.807, 2.05) is 0 Å². The van der Waals surface area contributed by atoms with Gasteiger partial charge in [0.2, 0.25) is 5.91 Å². The Kier molecular flexibility index (Phi) is 5.22. The predicted octanol–water partition coefficient (Wildman–Crippen LogP) is 2.84. The van der Waals surface area contributed by atoms with Gasteiger partial charge >= 0.3 is 0 Å². The quantitative estimate of drug-likeness (QED) is 0.810. The van der Waals surface area contributed by atoms with Crippen molar-refractivity contribution in [2.75, 3.05) is 19.0 Å². The van der Waals surface area contributed by atoms with Crippen LogP contribution >= 0.6 is 11.6 Å². The zero-order valence-corrected chi connectivity index (χ0v) is 9.68. The SMILES string of the molecule is COCCCC(=O)Nc1ccc(Cl)c(F)c1. The third-order valence-corrected chi connectivity index (χ3v) is 2.26. The van der Waals surface area contributed by atoms with E-state index in [-0.39, 0.29) is 10.9 Å². The molecule has 0 aliphatic rings. The zero-order chi connectivity index (χ0) is 12.0.